The molecule has 4 aromatic rings. The Kier molecular flexibility index (Phi) is 7.45. The van der Waals surface area contributed by atoms with Crippen LogP contribution in [0.4, 0.5) is 5.69 Å². The van der Waals surface area contributed by atoms with Gasteiger partial charge in [0.25, 0.3) is 0 Å². The molecule has 1 aliphatic heterocycles. The van der Waals surface area contributed by atoms with Crippen molar-refractivity contribution < 1.29 is 17.9 Å². The summed E-state index contributed by atoms with van der Waals surface area (Å²) in [5, 5.41) is 9.60. The molecule has 0 saturated heterocycles. The molecule has 0 fully saturated rings. The van der Waals surface area contributed by atoms with Gasteiger partial charge in [0, 0.05) is 31.0 Å². The van der Waals surface area contributed by atoms with Gasteiger partial charge in [-0.25, -0.2) is 18.2 Å². The van der Waals surface area contributed by atoms with Crippen molar-refractivity contribution in [1.29, 1.82) is 5.26 Å². The summed E-state index contributed by atoms with van der Waals surface area (Å²) in [7, 11) is -2.96. The Labute approximate surface area is 227 Å². The van der Waals surface area contributed by atoms with E-state index >= 15 is 0 Å². The van der Waals surface area contributed by atoms with Gasteiger partial charge in [-0.1, -0.05) is 42.5 Å². The number of carbonyl (C=O) groups is 1. The van der Waals surface area contributed by atoms with E-state index in [4.69, 9.17) is 4.74 Å². The van der Waals surface area contributed by atoms with Gasteiger partial charge in [-0.2, -0.15) is 9.57 Å². The van der Waals surface area contributed by atoms with Gasteiger partial charge in [-0.3, -0.25) is 0 Å². The molecular formula is C29H27N5O4S. The Morgan fingerprint density at radius 2 is 1.90 bits per heavy atom. The molecule has 0 radical (unpaired) electrons. The first kappa shape index (κ1) is 26.2. The van der Waals surface area contributed by atoms with Gasteiger partial charge in [-0.05, 0) is 47.9 Å². The van der Waals surface area contributed by atoms with Gasteiger partial charge in [0.15, 0.2) is 0 Å². The van der Waals surface area contributed by atoms with Crippen LogP contribution >= 0.6 is 0 Å². The molecular weight excluding hydrogens is 514 g/mol. The molecule has 1 aliphatic rings. The van der Waals surface area contributed by atoms with E-state index in [1.807, 2.05) is 36.4 Å². The summed E-state index contributed by atoms with van der Waals surface area (Å²) >= 11 is 0. The van der Waals surface area contributed by atoms with Crippen molar-refractivity contribution in [3.63, 3.8) is 0 Å². The van der Waals surface area contributed by atoms with E-state index in [0.29, 0.717) is 30.6 Å². The number of rotatable bonds is 7. The predicted octanol–water partition coefficient (Wildman–Crippen LogP) is 3.89. The maximum atomic E-state index is 14.4. The third kappa shape index (κ3) is 5.41. The van der Waals surface area contributed by atoms with E-state index < -0.39 is 22.0 Å². The molecule has 2 heterocycles. The quantitative estimate of drug-likeness (QED) is 0.353. The van der Waals surface area contributed by atoms with Crippen LogP contribution in [0.3, 0.4) is 0 Å². The SMILES string of the molecule is COC(=O)c1ccccc1S(=O)(=O)N1Cc2cc(C#N)ccc2N(Cc2cnc[nH]2)C[C@H]1Cc1ccccc1. The van der Waals surface area contributed by atoms with Crippen LogP contribution in [0.25, 0.3) is 0 Å². The number of aromatic nitrogens is 2. The highest BCUT2D eigenvalue weighted by Crippen LogP contribution is 2.34. The number of carbonyl (C=O) groups excluding carboxylic acids is 1. The Morgan fingerprint density at radius 1 is 1.13 bits per heavy atom. The predicted molar refractivity (Wildman–Crippen MR) is 145 cm³/mol. The maximum absolute atomic E-state index is 14.4. The molecule has 0 unspecified atom stereocenters. The van der Waals surface area contributed by atoms with Crippen LogP contribution in [0.5, 0.6) is 0 Å². The summed E-state index contributed by atoms with van der Waals surface area (Å²) in [6, 6.07) is 22.8. The second-order valence-corrected chi connectivity index (χ2v) is 11.2. The molecule has 0 spiro atoms. The number of aromatic amines is 1. The van der Waals surface area contributed by atoms with E-state index in [2.05, 4.69) is 20.9 Å². The summed E-state index contributed by atoms with van der Waals surface area (Å²) in [4.78, 5) is 21.8. The van der Waals surface area contributed by atoms with Crippen LogP contribution < -0.4 is 4.90 Å². The highest BCUT2D eigenvalue weighted by atomic mass is 32.2. The zero-order chi connectivity index (χ0) is 27.4. The Hall–Kier alpha value is -4.46. The van der Waals surface area contributed by atoms with Crippen LogP contribution in [0.1, 0.15) is 32.7 Å². The highest BCUT2D eigenvalue weighted by Gasteiger charge is 2.38. The summed E-state index contributed by atoms with van der Waals surface area (Å²) in [5.74, 6) is -0.725. The third-order valence-electron chi connectivity index (χ3n) is 6.82. The van der Waals surface area contributed by atoms with Crippen molar-refractivity contribution in [3.8, 4) is 6.07 Å². The smallest absolute Gasteiger partial charge is 0.339 e. The van der Waals surface area contributed by atoms with E-state index in [0.717, 1.165) is 16.9 Å². The first-order valence-electron chi connectivity index (χ1n) is 12.4. The van der Waals surface area contributed by atoms with Gasteiger partial charge in [0.05, 0.1) is 47.8 Å². The molecule has 0 saturated carbocycles. The van der Waals surface area contributed by atoms with E-state index in [-0.39, 0.29) is 17.0 Å². The molecule has 0 bridgehead atoms. The number of esters is 1. The molecule has 1 N–H and O–H groups in total. The largest absolute Gasteiger partial charge is 0.465 e. The lowest BCUT2D eigenvalue weighted by molar-refractivity contribution is 0.0596. The van der Waals surface area contributed by atoms with Crippen LogP contribution in [0.2, 0.25) is 0 Å². The second-order valence-electron chi connectivity index (χ2n) is 9.29. The van der Waals surface area contributed by atoms with Crippen molar-refractivity contribution in [2.75, 3.05) is 18.6 Å². The third-order valence-corrected chi connectivity index (χ3v) is 8.78. The zero-order valence-corrected chi connectivity index (χ0v) is 22.1. The fourth-order valence-corrected chi connectivity index (χ4v) is 6.76. The molecule has 10 heteroatoms. The monoisotopic (exact) mass is 541 g/mol. The van der Waals surface area contributed by atoms with Crippen LogP contribution in [-0.4, -0.2) is 48.4 Å². The molecule has 0 aliphatic carbocycles. The number of methoxy groups -OCH3 is 1. The van der Waals surface area contributed by atoms with Gasteiger partial charge in [0.2, 0.25) is 10.0 Å². The number of nitriles is 1. The van der Waals surface area contributed by atoms with E-state index in [9.17, 15) is 18.5 Å². The van der Waals surface area contributed by atoms with Crippen molar-refractivity contribution >= 4 is 21.7 Å². The summed E-state index contributed by atoms with van der Waals surface area (Å²) in [6.45, 7) is 0.864. The first-order valence-corrected chi connectivity index (χ1v) is 13.8. The van der Waals surface area contributed by atoms with Crippen LogP contribution in [-0.2, 0) is 34.3 Å². The highest BCUT2D eigenvalue weighted by molar-refractivity contribution is 7.89. The second kappa shape index (κ2) is 11.1. The van der Waals surface area contributed by atoms with E-state index in [1.165, 1.54) is 23.5 Å². The standard InChI is InChI=1S/C29H27N5O4S/c1-38-29(35)26-9-5-6-10-28(26)39(36,37)34-17-23-13-22(15-30)11-12-27(23)33(18-24-16-31-20-32-24)19-25(34)14-21-7-3-2-4-8-21/h2-13,16,20,25H,14,17-19H2,1H3,(H,31,32)/t25-/m1/s1. The summed E-state index contributed by atoms with van der Waals surface area (Å²) in [5.41, 5.74) is 3.79. The lowest BCUT2D eigenvalue weighted by Gasteiger charge is -2.32. The molecule has 198 valence electrons. The van der Waals surface area contributed by atoms with Gasteiger partial charge in [0.1, 0.15) is 0 Å². The lowest BCUT2D eigenvalue weighted by Crippen LogP contribution is -2.46. The fourth-order valence-electron chi connectivity index (χ4n) is 4.99. The first-order chi connectivity index (χ1) is 18.9. The molecule has 0 amide bonds. The fraction of sp³-hybridized carbons (Fsp3) is 0.207. The molecule has 1 atom stereocenters. The number of nitrogens with zero attached hydrogens (tertiary/aromatic N) is 4. The van der Waals surface area contributed by atoms with Crippen molar-refractivity contribution in [1.82, 2.24) is 14.3 Å². The molecule has 1 aromatic heterocycles. The number of benzene rings is 3. The minimum absolute atomic E-state index is 0.0250. The van der Waals surface area contributed by atoms with Crippen molar-refractivity contribution in [2.24, 2.45) is 0 Å². The summed E-state index contributed by atoms with van der Waals surface area (Å²) in [6.07, 6.45) is 3.79. The van der Waals surface area contributed by atoms with Crippen molar-refractivity contribution in [3.05, 3.63) is 113 Å². The molecule has 5 rings (SSSR count). The van der Waals surface area contributed by atoms with Crippen molar-refractivity contribution in [2.45, 2.75) is 30.4 Å². The average Bonchev–Trinajstić information content (AvgIpc) is 3.43. The molecule has 3 aromatic carbocycles. The number of anilines is 1. The van der Waals surface area contributed by atoms with E-state index in [1.54, 1.807) is 36.8 Å². The minimum Gasteiger partial charge on any atom is -0.465 e. The summed E-state index contributed by atoms with van der Waals surface area (Å²) < 4.78 is 35.1. The van der Waals surface area contributed by atoms with Gasteiger partial charge < -0.3 is 14.6 Å². The minimum atomic E-state index is -4.19. The average molecular weight is 542 g/mol. The number of hydrogen-bond donors (Lipinski definition) is 1. The molecule has 39 heavy (non-hydrogen) atoms. The number of imidazole rings is 1. The number of nitrogens with one attached hydrogen (secondary N) is 1. The van der Waals surface area contributed by atoms with Gasteiger partial charge in [-0.15, -0.1) is 0 Å². The number of hydrogen-bond acceptors (Lipinski definition) is 7. The topological polar surface area (TPSA) is 119 Å². The van der Waals surface area contributed by atoms with Gasteiger partial charge >= 0.3 is 5.97 Å². The Morgan fingerprint density at radius 3 is 2.62 bits per heavy atom. The molecule has 9 nitrogen and oxygen atoms in total. The lowest BCUT2D eigenvalue weighted by atomic mass is 10.1. The Bertz CT molecular complexity index is 1620. The number of H-pyrrole nitrogens is 1. The number of sulfonamides is 1. The van der Waals surface area contributed by atoms with Crippen LogP contribution in [0, 0.1) is 11.3 Å². The van der Waals surface area contributed by atoms with Crippen LogP contribution in [0.15, 0.2) is 90.2 Å². The number of ether oxygens (including phenoxy) is 1. The maximum Gasteiger partial charge on any atom is 0.339 e. The Balaban J connectivity index is 1.66. The zero-order valence-electron chi connectivity index (χ0n) is 21.3. The normalized spacial score (nSPS) is 15.7. The number of fused-ring (bicyclic) bond motifs is 1.